The predicted molar refractivity (Wildman–Crippen MR) is 87.0 cm³/mol. The van der Waals surface area contributed by atoms with E-state index in [1.807, 2.05) is 30.3 Å². The molecule has 0 saturated carbocycles. The second-order valence-corrected chi connectivity index (χ2v) is 5.00. The van der Waals surface area contributed by atoms with Gasteiger partial charge in [-0.1, -0.05) is 29.8 Å². The van der Waals surface area contributed by atoms with Gasteiger partial charge in [-0.2, -0.15) is 0 Å². The van der Waals surface area contributed by atoms with Gasteiger partial charge in [0, 0.05) is 11.1 Å². The number of nitrogens with two attached hydrogens (primary N) is 1. The molecule has 0 spiro atoms. The molecule has 0 bridgehead atoms. The minimum absolute atomic E-state index is 0.385. The van der Waals surface area contributed by atoms with Gasteiger partial charge in [0.2, 0.25) is 5.91 Å². The molecule has 0 aliphatic rings. The van der Waals surface area contributed by atoms with Gasteiger partial charge in [-0.05, 0) is 41.5 Å². The number of ether oxygens (including phenoxy) is 2. The van der Waals surface area contributed by atoms with Gasteiger partial charge >= 0.3 is 0 Å². The Balaban J connectivity index is 2.15. The number of carbonyl (C=O) groups excluding carboxylic acids is 1. The Hall–Kier alpha value is -2.46. The van der Waals surface area contributed by atoms with E-state index in [0.717, 1.165) is 11.1 Å². The van der Waals surface area contributed by atoms with Crippen LogP contribution in [0.2, 0.25) is 5.02 Å². The average Bonchev–Trinajstić information content (AvgIpc) is 2.52. The summed E-state index contributed by atoms with van der Waals surface area (Å²) in [5.74, 6) is 0.703. The lowest BCUT2D eigenvalue weighted by Crippen LogP contribution is -2.05. The monoisotopic (exact) mass is 317 g/mol. The van der Waals surface area contributed by atoms with E-state index in [-0.39, 0.29) is 0 Å². The summed E-state index contributed by atoms with van der Waals surface area (Å²) in [5, 5.41) is 0.680. The first-order valence-electron chi connectivity index (χ1n) is 6.61. The summed E-state index contributed by atoms with van der Waals surface area (Å²) < 4.78 is 11.1. The predicted octanol–water partition coefficient (Wildman–Crippen LogP) is 3.43. The fourth-order valence-electron chi connectivity index (χ4n) is 1.83. The van der Waals surface area contributed by atoms with E-state index < -0.39 is 5.91 Å². The van der Waals surface area contributed by atoms with Crippen molar-refractivity contribution in [3.05, 3.63) is 64.7 Å². The Labute approximate surface area is 134 Å². The Kier molecular flexibility index (Phi) is 5.44. The van der Waals surface area contributed by atoms with E-state index in [1.165, 1.54) is 6.08 Å². The zero-order valence-electron chi connectivity index (χ0n) is 12.1. The lowest BCUT2D eigenvalue weighted by molar-refractivity contribution is -0.113. The number of methoxy groups -OCH3 is 1. The van der Waals surface area contributed by atoms with Crippen molar-refractivity contribution >= 4 is 23.6 Å². The standard InChI is InChI=1S/C17H16ClNO3/c1-21-15-8-4-12(5-9-17(19)20)10-16(15)22-11-13-2-6-14(18)7-3-13/h2-10H,11H2,1H3,(H2,19,20)/b9-5-. The first-order valence-corrected chi connectivity index (χ1v) is 6.99. The van der Waals surface area contributed by atoms with Gasteiger partial charge in [0.05, 0.1) is 7.11 Å². The molecule has 5 heteroatoms. The van der Waals surface area contributed by atoms with Crippen molar-refractivity contribution in [2.75, 3.05) is 7.11 Å². The van der Waals surface area contributed by atoms with Crippen molar-refractivity contribution in [1.29, 1.82) is 0 Å². The molecule has 0 unspecified atom stereocenters. The van der Waals surface area contributed by atoms with Crippen LogP contribution in [0.5, 0.6) is 11.5 Å². The van der Waals surface area contributed by atoms with Gasteiger partial charge in [0.25, 0.3) is 0 Å². The smallest absolute Gasteiger partial charge is 0.241 e. The van der Waals surface area contributed by atoms with Crippen LogP contribution in [0.15, 0.2) is 48.5 Å². The minimum atomic E-state index is -0.501. The molecule has 22 heavy (non-hydrogen) atoms. The van der Waals surface area contributed by atoms with E-state index in [0.29, 0.717) is 23.1 Å². The lowest BCUT2D eigenvalue weighted by atomic mass is 10.2. The number of benzene rings is 2. The quantitative estimate of drug-likeness (QED) is 0.830. The molecule has 0 saturated heterocycles. The molecule has 0 aliphatic carbocycles. The molecular weight excluding hydrogens is 302 g/mol. The zero-order chi connectivity index (χ0) is 15.9. The molecule has 0 heterocycles. The van der Waals surface area contributed by atoms with Crippen molar-refractivity contribution in [2.45, 2.75) is 6.61 Å². The molecule has 2 N–H and O–H groups in total. The van der Waals surface area contributed by atoms with Gasteiger partial charge in [-0.3, -0.25) is 4.79 Å². The van der Waals surface area contributed by atoms with Crippen molar-refractivity contribution in [2.24, 2.45) is 5.73 Å². The number of hydrogen-bond donors (Lipinski definition) is 1. The molecule has 2 aromatic rings. The van der Waals surface area contributed by atoms with Crippen LogP contribution in [-0.4, -0.2) is 13.0 Å². The van der Waals surface area contributed by atoms with Crippen LogP contribution in [0.4, 0.5) is 0 Å². The summed E-state index contributed by atoms with van der Waals surface area (Å²) >= 11 is 5.85. The summed E-state index contributed by atoms with van der Waals surface area (Å²) in [5.41, 5.74) is 6.88. The first-order chi connectivity index (χ1) is 10.6. The molecule has 0 aliphatic heterocycles. The van der Waals surface area contributed by atoms with Gasteiger partial charge in [-0.25, -0.2) is 0 Å². The largest absolute Gasteiger partial charge is 0.493 e. The fraction of sp³-hybridized carbons (Fsp3) is 0.118. The Morgan fingerprint density at radius 2 is 1.91 bits per heavy atom. The average molecular weight is 318 g/mol. The van der Waals surface area contributed by atoms with E-state index in [1.54, 1.807) is 25.3 Å². The van der Waals surface area contributed by atoms with E-state index in [4.69, 9.17) is 26.8 Å². The molecule has 4 nitrogen and oxygen atoms in total. The van der Waals surface area contributed by atoms with E-state index in [2.05, 4.69) is 0 Å². The maximum atomic E-state index is 10.8. The number of hydrogen-bond acceptors (Lipinski definition) is 3. The molecule has 2 rings (SSSR count). The summed E-state index contributed by atoms with van der Waals surface area (Å²) in [6.45, 7) is 0.385. The molecular formula is C17H16ClNO3. The Bertz CT molecular complexity index is 681. The van der Waals surface area contributed by atoms with Crippen LogP contribution in [0, 0.1) is 0 Å². The van der Waals surface area contributed by atoms with Gasteiger partial charge in [0.15, 0.2) is 11.5 Å². The molecule has 0 atom stereocenters. The van der Waals surface area contributed by atoms with Crippen LogP contribution in [-0.2, 0) is 11.4 Å². The van der Waals surface area contributed by atoms with Crippen LogP contribution < -0.4 is 15.2 Å². The maximum Gasteiger partial charge on any atom is 0.241 e. The summed E-state index contributed by atoms with van der Waals surface area (Å²) in [6, 6.07) is 12.8. The molecule has 0 radical (unpaired) electrons. The summed E-state index contributed by atoms with van der Waals surface area (Å²) in [6.07, 6.45) is 2.92. The number of carbonyl (C=O) groups is 1. The van der Waals surface area contributed by atoms with E-state index >= 15 is 0 Å². The van der Waals surface area contributed by atoms with Gasteiger partial charge < -0.3 is 15.2 Å². The third-order valence-electron chi connectivity index (χ3n) is 2.94. The highest BCUT2D eigenvalue weighted by Gasteiger charge is 2.05. The summed E-state index contributed by atoms with van der Waals surface area (Å²) in [7, 11) is 1.57. The van der Waals surface area contributed by atoms with Crippen molar-refractivity contribution in [3.8, 4) is 11.5 Å². The van der Waals surface area contributed by atoms with Gasteiger partial charge in [0.1, 0.15) is 6.61 Å². The SMILES string of the molecule is COc1ccc(/C=C\C(N)=O)cc1OCc1ccc(Cl)cc1. The minimum Gasteiger partial charge on any atom is -0.493 e. The highest BCUT2D eigenvalue weighted by atomic mass is 35.5. The molecule has 2 aromatic carbocycles. The zero-order valence-corrected chi connectivity index (χ0v) is 12.8. The lowest BCUT2D eigenvalue weighted by Gasteiger charge is -2.11. The number of halogens is 1. The third-order valence-corrected chi connectivity index (χ3v) is 3.19. The molecule has 0 fully saturated rings. The van der Waals surface area contributed by atoms with Crippen LogP contribution >= 0.6 is 11.6 Å². The fourth-order valence-corrected chi connectivity index (χ4v) is 1.96. The molecule has 114 valence electrons. The van der Waals surface area contributed by atoms with E-state index in [9.17, 15) is 4.79 Å². The Morgan fingerprint density at radius 1 is 1.18 bits per heavy atom. The maximum absolute atomic E-state index is 10.8. The summed E-state index contributed by atoms with van der Waals surface area (Å²) in [4.78, 5) is 10.8. The molecule has 0 aromatic heterocycles. The second kappa shape index (κ2) is 7.52. The van der Waals surface area contributed by atoms with Gasteiger partial charge in [-0.15, -0.1) is 0 Å². The topological polar surface area (TPSA) is 61.5 Å². The number of amides is 1. The van der Waals surface area contributed by atoms with Crippen LogP contribution in [0.1, 0.15) is 11.1 Å². The Morgan fingerprint density at radius 3 is 2.55 bits per heavy atom. The highest BCUT2D eigenvalue weighted by molar-refractivity contribution is 6.30. The van der Waals surface area contributed by atoms with Crippen LogP contribution in [0.3, 0.4) is 0 Å². The highest BCUT2D eigenvalue weighted by Crippen LogP contribution is 2.29. The molecule has 1 amide bonds. The second-order valence-electron chi connectivity index (χ2n) is 4.56. The normalized spacial score (nSPS) is 10.6. The van der Waals surface area contributed by atoms with Crippen LogP contribution in [0.25, 0.3) is 6.08 Å². The third kappa shape index (κ3) is 4.53. The van der Waals surface area contributed by atoms with Crippen molar-refractivity contribution in [1.82, 2.24) is 0 Å². The first kappa shape index (κ1) is 15.9. The van der Waals surface area contributed by atoms with Crippen molar-refractivity contribution in [3.63, 3.8) is 0 Å². The van der Waals surface area contributed by atoms with Crippen molar-refractivity contribution < 1.29 is 14.3 Å². The number of primary amides is 1. The number of rotatable bonds is 6.